The fourth-order valence-corrected chi connectivity index (χ4v) is 2.29. The predicted octanol–water partition coefficient (Wildman–Crippen LogP) is 4.91. The van der Waals surface area contributed by atoms with Crippen molar-refractivity contribution < 1.29 is 4.39 Å². The van der Waals surface area contributed by atoms with Crippen LogP contribution < -0.4 is 0 Å². The first-order chi connectivity index (χ1) is 7.16. The van der Waals surface area contributed by atoms with Crippen LogP contribution in [0.15, 0.2) is 46.9 Å². The Kier molecular flexibility index (Phi) is 3.08. The largest absolute Gasteiger partial charge is 0.207 e. The third-order valence-electron chi connectivity index (χ3n) is 2.07. The van der Waals surface area contributed by atoms with Gasteiger partial charge in [0.05, 0.1) is 0 Å². The number of hydrogen-bond donors (Lipinski definition) is 0. The van der Waals surface area contributed by atoms with Gasteiger partial charge in [-0.2, -0.15) is 0 Å². The molecule has 76 valence electrons. The smallest absolute Gasteiger partial charge is 0.123 e. The lowest BCUT2D eigenvalue weighted by Gasteiger charge is -2.05. The van der Waals surface area contributed by atoms with Crippen molar-refractivity contribution in [1.29, 1.82) is 0 Å². The minimum atomic E-state index is -0.241. The maximum absolute atomic E-state index is 13.0. The van der Waals surface area contributed by atoms with E-state index in [4.69, 9.17) is 11.6 Å². The van der Waals surface area contributed by atoms with Gasteiger partial charge in [-0.25, -0.2) is 4.39 Å². The zero-order chi connectivity index (χ0) is 10.8. The van der Waals surface area contributed by atoms with E-state index in [2.05, 4.69) is 15.9 Å². The normalized spacial score (nSPS) is 10.3. The Hall–Kier alpha value is -0.860. The molecule has 0 nitrogen and oxygen atoms in total. The summed E-state index contributed by atoms with van der Waals surface area (Å²) in [6, 6.07) is 11.9. The van der Waals surface area contributed by atoms with Crippen molar-refractivity contribution in [3.05, 3.63) is 57.8 Å². The number of benzene rings is 2. The van der Waals surface area contributed by atoms with E-state index in [0.29, 0.717) is 5.02 Å². The molecule has 2 aromatic carbocycles. The fourth-order valence-electron chi connectivity index (χ4n) is 1.38. The molecule has 15 heavy (non-hydrogen) atoms. The molecule has 0 atom stereocenters. The topological polar surface area (TPSA) is 0 Å². The van der Waals surface area contributed by atoms with Crippen LogP contribution in [-0.4, -0.2) is 0 Å². The Morgan fingerprint density at radius 2 is 1.87 bits per heavy atom. The van der Waals surface area contributed by atoms with Crippen molar-refractivity contribution in [3.63, 3.8) is 0 Å². The molecular formula is C12H7BrClF. The van der Waals surface area contributed by atoms with Crippen LogP contribution in [0.4, 0.5) is 4.39 Å². The van der Waals surface area contributed by atoms with Crippen LogP contribution in [0.1, 0.15) is 0 Å². The Balaban J connectivity index is 2.54. The van der Waals surface area contributed by atoms with Gasteiger partial charge in [0, 0.05) is 9.50 Å². The number of rotatable bonds is 1. The second-order valence-corrected chi connectivity index (χ2v) is 4.43. The predicted molar refractivity (Wildman–Crippen MR) is 64.5 cm³/mol. The van der Waals surface area contributed by atoms with Crippen LogP contribution in [0.25, 0.3) is 11.1 Å². The second kappa shape index (κ2) is 4.33. The van der Waals surface area contributed by atoms with Crippen LogP contribution in [0.2, 0.25) is 5.02 Å². The van der Waals surface area contributed by atoms with Crippen molar-refractivity contribution in [2.24, 2.45) is 0 Å². The number of halogens is 3. The number of hydrogen-bond acceptors (Lipinski definition) is 0. The summed E-state index contributed by atoms with van der Waals surface area (Å²) in [7, 11) is 0. The van der Waals surface area contributed by atoms with Gasteiger partial charge in [-0.15, -0.1) is 0 Å². The van der Waals surface area contributed by atoms with E-state index in [1.54, 1.807) is 18.2 Å². The summed E-state index contributed by atoms with van der Waals surface area (Å²) in [5.74, 6) is -0.241. The highest BCUT2D eigenvalue weighted by Gasteiger charge is 2.04. The molecule has 0 N–H and O–H groups in total. The molecule has 0 aliphatic rings. The highest BCUT2D eigenvalue weighted by atomic mass is 79.9. The van der Waals surface area contributed by atoms with Crippen molar-refractivity contribution in [3.8, 4) is 11.1 Å². The molecule has 0 fully saturated rings. The van der Waals surface area contributed by atoms with E-state index in [-0.39, 0.29) is 5.82 Å². The van der Waals surface area contributed by atoms with E-state index in [1.165, 1.54) is 12.1 Å². The molecule has 0 aliphatic heterocycles. The van der Waals surface area contributed by atoms with Crippen LogP contribution in [0.5, 0.6) is 0 Å². The van der Waals surface area contributed by atoms with Gasteiger partial charge in [-0.05, 0) is 35.4 Å². The third kappa shape index (κ3) is 2.39. The molecule has 3 heteroatoms. The van der Waals surface area contributed by atoms with E-state index in [1.807, 2.05) is 12.1 Å². The highest BCUT2D eigenvalue weighted by Crippen LogP contribution is 2.30. The second-order valence-electron chi connectivity index (χ2n) is 3.13. The lowest BCUT2D eigenvalue weighted by atomic mass is 10.1. The van der Waals surface area contributed by atoms with Gasteiger partial charge < -0.3 is 0 Å². The molecule has 0 aromatic heterocycles. The molecule has 0 saturated carbocycles. The molecule has 0 aliphatic carbocycles. The van der Waals surface area contributed by atoms with Crippen LogP contribution >= 0.6 is 27.5 Å². The quantitative estimate of drug-likeness (QED) is 0.698. The Bertz CT molecular complexity index is 497. The minimum absolute atomic E-state index is 0.241. The van der Waals surface area contributed by atoms with E-state index >= 15 is 0 Å². The maximum Gasteiger partial charge on any atom is 0.123 e. The minimum Gasteiger partial charge on any atom is -0.207 e. The summed E-state index contributed by atoms with van der Waals surface area (Å²) < 4.78 is 13.9. The van der Waals surface area contributed by atoms with E-state index < -0.39 is 0 Å². The van der Waals surface area contributed by atoms with Crippen LogP contribution in [-0.2, 0) is 0 Å². The zero-order valence-electron chi connectivity index (χ0n) is 7.68. The monoisotopic (exact) mass is 284 g/mol. The average molecular weight is 286 g/mol. The molecule has 2 aromatic rings. The van der Waals surface area contributed by atoms with Gasteiger partial charge in [0.15, 0.2) is 0 Å². The van der Waals surface area contributed by atoms with Crippen LogP contribution in [0.3, 0.4) is 0 Å². The molecule has 0 unspecified atom stereocenters. The molecule has 0 bridgehead atoms. The van der Waals surface area contributed by atoms with Gasteiger partial charge in [0.2, 0.25) is 0 Å². The van der Waals surface area contributed by atoms with E-state index in [0.717, 1.165) is 15.6 Å². The molecule has 0 heterocycles. The van der Waals surface area contributed by atoms with Crippen molar-refractivity contribution in [2.75, 3.05) is 0 Å². The zero-order valence-corrected chi connectivity index (χ0v) is 10.0. The lowest BCUT2D eigenvalue weighted by molar-refractivity contribution is 0.628. The van der Waals surface area contributed by atoms with Gasteiger partial charge in [0.25, 0.3) is 0 Å². The lowest BCUT2D eigenvalue weighted by Crippen LogP contribution is -1.81. The Morgan fingerprint density at radius 1 is 1.07 bits per heavy atom. The summed E-state index contributed by atoms with van der Waals surface area (Å²) in [6.45, 7) is 0. The molecule has 0 radical (unpaired) electrons. The maximum atomic E-state index is 13.0. The van der Waals surface area contributed by atoms with Crippen LogP contribution in [0, 0.1) is 5.82 Å². The SMILES string of the molecule is Fc1cccc(-c2ccc(Cl)cc2Br)c1. The first kappa shape index (κ1) is 10.7. The fraction of sp³-hybridized carbons (Fsp3) is 0. The van der Waals surface area contributed by atoms with Crippen molar-refractivity contribution in [1.82, 2.24) is 0 Å². The molecule has 0 spiro atoms. The van der Waals surface area contributed by atoms with Gasteiger partial charge in [-0.1, -0.05) is 45.7 Å². The molecule has 2 rings (SSSR count). The van der Waals surface area contributed by atoms with Crippen molar-refractivity contribution >= 4 is 27.5 Å². The Labute approximate surface area is 101 Å². The van der Waals surface area contributed by atoms with Gasteiger partial charge >= 0.3 is 0 Å². The summed E-state index contributed by atoms with van der Waals surface area (Å²) in [5.41, 5.74) is 1.76. The Morgan fingerprint density at radius 3 is 2.53 bits per heavy atom. The highest BCUT2D eigenvalue weighted by molar-refractivity contribution is 9.10. The first-order valence-electron chi connectivity index (χ1n) is 4.38. The van der Waals surface area contributed by atoms with E-state index in [9.17, 15) is 4.39 Å². The molecule has 0 amide bonds. The van der Waals surface area contributed by atoms with Gasteiger partial charge in [0.1, 0.15) is 5.82 Å². The standard InChI is InChI=1S/C12H7BrClF/c13-12-7-9(14)4-5-11(12)8-2-1-3-10(15)6-8/h1-7H. The average Bonchev–Trinajstić information content (AvgIpc) is 2.17. The summed E-state index contributed by atoms with van der Waals surface area (Å²) in [6.07, 6.45) is 0. The molecular weight excluding hydrogens is 278 g/mol. The molecule has 0 saturated heterocycles. The summed E-state index contributed by atoms with van der Waals surface area (Å²) >= 11 is 9.23. The van der Waals surface area contributed by atoms with Gasteiger partial charge in [-0.3, -0.25) is 0 Å². The van der Waals surface area contributed by atoms with Crippen molar-refractivity contribution in [2.45, 2.75) is 0 Å². The first-order valence-corrected chi connectivity index (χ1v) is 5.55. The summed E-state index contributed by atoms with van der Waals surface area (Å²) in [4.78, 5) is 0. The third-order valence-corrected chi connectivity index (χ3v) is 2.96. The summed E-state index contributed by atoms with van der Waals surface area (Å²) in [5, 5.41) is 0.655.